The maximum atomic E-state index is 13.4. The smallest absolute Gasteiger partial charge is 0.231 e. The molecule has 3 aromatic rings. The van der Waals surface area contributed by atoms with Crippen LogP contribution in [0.2, 0.25) is 0 Å². The Morgan fingerprint density at radius 3 is 2.54 bits per heavy atom. The van der Waals surface area contributed by atoms with E-state index in [2.05, 4.69) is 16.4 Å². The fourth-order valence-electron chi connectivity index (χ4n) is 4.00. The lowest BCUT2D eigenvalue weighted by molar-refractivity contribution is -0.130. The number of carbonyl (C=O) groups excluding carboxylic acids is 1. The molecule has 0 unspecified atom stereocenters. The number of amides is 1. The second-order valence-corrected chi connectivity index (χ2v) is 7.22. The molecular formula is C23H25N3O2. The Labute approximate surface area is 165 Å². The number of benzene rings is 2. The van der Waals surface area contributed by atoms with Gasteiger partial charge in [-0.3, -0.25) is 4.79 Å². The van der Waals surface area contributed by atoms with Crippen LogP contribution in [0.3, 0.4) is 0 Å². The van der Waals surface area contributed by atoms with Crippen molar-refractivity contribution in [3.63, 3.8) is 0 Å². The molecule has 1 saturated heterocycles. The highest BCUT2D eigenvalue weighted by Crippen LogP contribution is 2.35. The van der Waals surface area contributed by atoms with Crippen LogP contribution < -0.4 is 5.32 Å². The van der Waals surface area contributed by atoms with Crippen LogP contribution in [0.1, 0.15) is 29.8 Å². The Hall–Kier alpha value is -2.92. The van der Waals surface area contributed by atoms with Crippen molar-refractivity contribution in [3.8, 4) is 5.69 Å². The first-order chi connectivity index (χ1) is 13.7. The van der Waals surface area contributed by atoms with Gasteiger partial charge in [-0.2, -0.15) is 0 Å². The molecule has 0 saturated carbocycles. The van der Waals surface area contributed by atoms with Crippen LogP contribution in [0.5, 0.6) is 0 Å². The average Bonchev–Trinajstić information content (AvgIpc) is 3.19. The minimum absolute atomic E-state index is 0.0687. The zero-order valence-corrected chi connectivity index (χ0v) is 16.1. The molecule has 144 valence electrons. The van der Waals surface area contributed by atoms with Crippen LogP contribution in [-0.4, -0.2) is 28.7 Å². The molecule has 2 aromatic carbocycles. The van der Waals surface area contributed by atoms with Crippen molar-refractivity contribution in [2.24, 2.45) is 0 Å². The lowest BCUT2D eigenvalue weighted by atomic mass is 9.73. The number of aryl methyl sites for hydroxylation is 1. The van der Waals surface area contributed by atoms with Crippen molar-refractivity contribution in [1.82, 2.24) is 14.9 Å². The van der Waals surface area contributed by atoms with Gasteiger partial charge in [0.1, 0.15) is 5.82 Å². The van der Waals surface area contributed by atoms with Gasteiger partial charge >= 0.3 is 0 Å². The third-order valence-electron chi connectivity index (χ3n) is 5.62. The summed E-state index contributed by atoms with van der Waals surface area (Å²) in [6.07, 6.45) is 5.13. The van der Waals surface area contributed by atoms with Crippen LogP contribution in [0.15, 0.2) is 67.0 Å². The van der Waals surface area contributed by atoms with E-state index in [-0.39, 0.29) is 5.91 Å². The largest absolute Gasteiger partial charge is 0.381 e. The Kier molecular flexibility index (Phi) is 5.26. The van der Waals surface area contributed by atoms with Gasteiger partial charge in [0.05, 0.1) is 11.1 Å². The minimum atomic E-state index is -0.528. The van der Waals surface area contributed by atoms with Gasteiger partial charge in [0.2, 0.25) is 5.91 Å². The molecule has 0 spiro atoms. The second-order valence-electron chi connectivity index (χ2n) is 7.22. The van der Waals surface area contributed by atoms with Crippen molar-refractivity contribution in [2.45, 2.75) is 31.7 Å². The summed E-state index contributed by atoms with van der Waals surface area (Å²) in [4.78, 5) is 17.7. The lowest BCUT2D eigenvalue weighted by Gasteiger charge is -2.36. The predicted octanol–water partition coefficient (Wildman–Crippen LogP) is 3.55. The molecule has 0 radical (unpaired) electrons. The standard InChI is InChI=1S/C23H25N3O2/c1-18-24-13-14-26(18)21-10-6-5-7-19(21)17-25-22(27)23(11-15-28-16-12-23)20-8-3-2-4-9-20/h2-10,13-14H,11-12,15-17H2,1H3,(H,25,27). The Morgan fingerprint density at radius 1 is 1.11 bits per heavy atom. The van der Waals surface area contributed by atoms with E-state index in [0.717, 1.165) is 22.6 Å². The number of aromatic nitrogens is 2. The number of hydrogen-bond donors (Lipinski definition) is 1. The molecular weight excluding hydrogens is 350 g/mol. The Bertz CT molecular complexity index is 943. The number of nitrogens with one attached hydrogen (secondary N) is 1. The molecule has 1 N–H and O–H groups in total. The van der Waals surface area contributed by atoms with Gasteiger partial charge in [-0.05, 0) is 37.0 Å². The molecule has 1 fully saturated rings. The van der Waals surface area contributed by atoms with E-state index in [1.165, 1.54) is 0 Å². The van der Waals surface area contributed by atoms with Gasteiger partial charge in [-0.15, -0.1) is 0 Å². The van der Waals surface area contributed by atoms with Gasteiger partial charge in [0.25, 0.3) is 0 Å². The molecule has 1 amide bonds. The fraction of sp³-hybridized carbons (Fsp3) is 0.304. The van der Waals surface area contributed by atoms with Crippen LogP contribution in [0.4, 0.5) is 0 Å². The molecule has 1 aliphatic rings. The van der Waals surface area contributed by atoms with Gasteiger partial charge < -0.3 is 14.6 Å². The summed E-state index contributed by atoms with van der Waals surface area (Å²) >= 11 is 0. The van der Waals surface area contributed by atoms with E-state index >= 15 is 0 Å². The zero-order valence-electron chi connectivity index (χ0n) is 16.1. The Balaban J connectivity index is 1.58. The maximum absolute atomic E-state index is 13.4. The monoisotopic (exact) mass is 375 g/mol. The maximum Gasteiger partial charge on any atom is 0.231 e. The lowest BCUT2D eigenvalue weighted by Crippen LogP contribution is -2.47. The molecule has 1 aromatic heterocycles. The SMILES string of the molecule is Cc1nccn1-c1ccccc1CNC(=O)C1(c2ccccc2)CCOCC1. The van der Waals surface area contributed by atoms with Crippen molar-refractivity contribution in [3.05, 3.63) is 83.9 Å². The highest BCUT2D eigenvalue weighted by molar-refractivity contribution is 5.88. The molecule has 2 heterocycles. The van der Waals surface area contributed by atoms with E-state index < -0.39 is 5.41 Å². The summed E-state index contributed by atoms with van der Waals surface area (Å²) in [5, 5.41) is 3.20. The molecule has 0 atom stereocenters. The first-order valence-corrected chi connectivity index (χ1v) is 9.70. The highest BCUT2D eigenvalue weighted by Gasteiger charge is 2.41. The van der Waals surface area contributed by atoms with E-state index in [4.69, 9.17) is 4.74 Å². The summed E-state index contributed by atoms with van der Waals surface area (Å²) < 4.78 is 7.59. The van der Waals surface area contributed by atoms with Gasteiger partial charge in [-0.1, -0.05) is 48.5 Å². The quantitative estimate of drug-likeness (QED) is 0.742. The van der Waals surface area contributed by atoms with Crippen molar-refractivity contribution < 1.29 is 9.53 Å². The fourth-order valence-corrected chi connectivity index (χ4v) is 4.00. The summed E-state index contributed by atoms with van der Waals surface area (Å²) in [7, 11) is 0. The minimum Gasteiger partial charge on any atom is -0.381 e. The van der Waals surface area contributed by atoms with E-state index in [1.807, 2.05) is 66.2 Å². The summed E-state index contributed by atoms with van der Waals surface area (Å²) in [6.45, 7) is 3.66. The second kappa shape index (κ2) is 7.98. The van der Waals surface area contributed by atoms with Gasteiger partial charge in [0, 0.05) is 32.2 Å². The summed E-state index contributed by atoms with van der Waals surface area (Å²) in [5.41, 5.74) is 2.64. The molecule has 28 heavy (non-hydrogen) atoms. The van der Waals surface area contributed by atoms with E-state index in [0.29, 0.717) is 32.6 Å². The average molecular weight is 375 g/mol. The first-order valence-electron chi connectivity index (χ1n) is 9.70. The summed E-state index contributed by atoms with van der Waals surface area (Å²) in [6, 6.07) is 18.2. The zero-order chi connectivity index (χ0) is 19.4. The van der Waals surface area contributed by atoms with Crippen LogP contribution in [0.25, 0.3) is 5.69 Å². The number of carbonyl (C=O) groups is 1. The molecule has 5 nitrogen and oxygen atoms in total. The van der Waals surface area contributed by atoms with Crippen LogP contribution >= 0.6 is 0 Å². The molecule has 0 aliphatic carbocycles. The molecule has 0 bridgehead atoms. The summed E-state index contributed by atoms with van der Waals surface area (Å²) in [5.74, 6) is 0.989. The predicted molar refractivity (Wildman–Crippen MR) is 108 cm³/mol. The normalized spacial score (nSPS) is 15.9. The number of para-hydroxylation sites is 1. The number of hydrogen-bond acceptors (Lipinski definition) is 3. The third-order valence-corrected chi connectivity index (χ3v) is 5.62. The van der Waals surface area contributed by atoms with E-state index in [1.54, 1.807) is 6.20 Å². The topological polar surface area (TPSA) is 56.2 Å². The number of ether oxygens (including phenoxy) is 1. The van der Waals surface area contributed by atoms with Crippen molar-refractivity contribution >= 4 is 5.91 Å². The molecule has 1 aliphatic heterocycles. The number of rotatable bonds is 5. The third kappa shape index (κ3) is 3.45. The molecule has 5 heteroatoms. The first kappa shape index (κ1) is 18.4. The van der Waals surface area contributed by atoms with Gasteiger partial charge in [0.15, 0.2) is 0 Å². The van der Waals surface area contributed by atoms with Crippen molar-refractivity contribution in [2.75, 3.05) is 13.2 Å². The number of imidazole rings is 1. The highest BCUT2D eigenvalue weighted by atomic mass is 16.5. The molecule has 4 rings (SSSR count). The van der Waals surface area contributed by atoms with Crippen LogP contribution in [-0.2, 0) is 21.5 Å². The van der Waals surface area contributed by atoms with Crippen LogP contribution in [0, 0.1) is 6.92 Å². The Morgan fingerprint density at radius 2 is 1.82 bits per heavy atom. The number of nitrogens with zero attached hydrogens (tertiary/aromatic N) is 2. The van der Waals surface area contributed by atoms with Crippen molar-refractivity contribution in [1.29, 1.82) is 0 Å². The van der Waals surface area contributed by atoms with E-state index in [9.17, 15) is 4.79 Å². The van der Waals surface area contributed by atoms with Gasteiger partial charge in [-0.25, -0.2) is 4.98 Å².